The number of likely N-dealkylation sites (tertiary alicyclic amines) is 1. The molecule has 1 aliphatic carbocycles. The first-order valence-electron chi connectivity index (χ1n) is 6.52. The predicted octanol–water partition coefficient (Wildman–Crippen LogP) is 3.04. The van der Waals surface area contributed by atoms with E-state index < -0.39 is 0 Å². The van der Waals surface area contributed by atoms with Crippen molar-refractivity contribution in [3.05, 3.63) is 46.2 Å². The summed E-state index contributed by atoms with van der Waals surface area (Å²) in [4.78, 5) is 25.9. The molecule has 1 heterocycles. The Kier molecular flexibility index (Phi) is 3.46. The molecule has 1 fully saturated rings. The van der Waals surface area contributed by atoms with Crippen LogP contribution in [0, 0.1) is 17.7 Å². The minimum absolute atomic E-state index is 0.111. The van der Waals surface area contributed by atoms with Gasteiger partial charge < -0.3 is 0 Å². The minimum Gasteiger partial charge on any atom is -0.278 e. The molecule has 2 atom stereocenters. The summed E-state index contributed by atoms with van der Waals surface area (Å²) in [5.74, 6) is -1.00. The van der Waals surface area contributed by atoms with Gasteiger partial charge in [-0.15, -0.1) is 0 Å². The normalized spacial score (nSPS) is 25.2. The number of carbonyl (C=O) groups is 2. The number of carbonyl (C=O) groups excluding carboxylic acids is 2. The molecule has 2 aliphatic rings. The van der Waals surface area contributed by atoms with Gasteiger partial charge in [0.25, 0.3) is 0 Å². The van der Waals surface area contributed by atoms with Crippen LogP contribution >= 0.6 is 15.9 Å². The van der Waals surface area contributed by atoms with E-state index in [4.69, 9.17) is 0 Å². The third-order valence-corrected chi connectivity index (χ3v) is 4.68. The number of hydrogen-bond donors (Lipinski definition) is 0. The smallest absolute Gasteiger partial charge is 0.233 e. The second-order valence-electron chi connectivity index (χ2n) is 5.15. The summed E-state index contributed by atoms with van der Waals surface area (Å²) < 4.78 is 13.6. The van der Waals surface area contributed by atoms with E-state index in [0.29, 0.717) is 17.3 Å². The molecule has 3 rings (SSSR count). The highest BCUT2D eigenvalue weighted by molar-refractivity contribution is 9.10. The maximum Gasteiger partial charge on any atom is 0.233 e. The Bertz CT molecular complexity index is 588. The molecule has 2 unspecified atom stereocenters. The number of imide groups is 1. The Morgan fingerprint density at radius 1 is 1.15 bits per heavy atom. The number of allylic oxidation sites excluding steroid dienone is 2. The number of benzene rings is 1. The monoisotopic (exact) mass is 337 g/mol. The molecule has 0 N–H and O–H groups in total. The first-order chi connectivity index (χ1) is 9.58. The molecule has 0 aromatic heterocycles. The lowest BCUT2D eigenvalue weighted by atomic mass is 9.85. The zero-order valence-electron chi connectivity index (χ0n) is 10.7. The van der Waals surface area contributed by atoms with E-state index in [1.54, 1.807) is 6.07 Å². The quantitative estimate of drug-likeness (QED) is 0.614. The number of rotatable bonds is 2. The number of halogens is 2. The molecule has 3 nitrogen and oxygen atoms in total. The number of hydrogen-bond acceptors (Lipinski definition) is 2. The van der Waals surface area contributed by atoms with Crippen molar-refractivity contribution < 1.29 is 14.0 Å². The molecule has 5 heteroatoms. The molecule has 1 aliphatic heterocycles. The molecule has 0 bridgehead atoms. The maximum atomic E-state index is 13.1. The molecule has 1 saturated heterocycles. The van der Waals surface area contributed by atoms with Gasteiger partial charge in [-0.1, -0.05) is 34.1 Å². The summed E-state index contributed by atoms with van der Waals surface area (Å²) in [7, 11) is 0. The van der Waals surface area contributed by atoms with E-state index in [0.717, 1.165) is 5.56 Å². The molecule has 0 spiro atoms. The van der Waals surface area contributed by atoms with Gasteiger partial charge >= 0.3 is 0 Å². The van der Waals surface area contributed by atoms with Gasteiger partial charge in [-0.3, -0.25) is 14.5 Å². The van der Waals surface area contributed by atoms with E-state index >= 15 is 0 Å². The van der Waals surface area contributed by atoms with Gasteiger partial charge in [-0.05, 0) is 30.5 Å². The Morgan fingerprint density at radius 3 is 2.30 bits per heavy atom. The third kappa shape index (κ3) is 2.20. The fourth-order valence-corrected chi connectivity index (χ4v) is 3.32. The molecule has 104 valence electrons. The van der Waals surface area contributed by atoms with Crippen LogP contribution in [0.25, 0.3) is 0 Å². The van der Waals surface area contributed by atoms with Crippen LogP contribution in [-0.2, 0) is 16.1 Å². The van der Waals surface area contributed by atoms with Crippen LogP contribution in [0.5, 0.6) is 0 Å². The van der Waals surface area contributed by atoms with Gasteiger partial charge in [0.05, 0.1) is 18.4 Å². The van der Waals surface area contributed by atoms with E-state index in [1.807, 2.05) is 12.2 Å². The van der Waals surface area contributed by atoms with Gasteiger partial charge in [0, 0.05) is 4.47 Å². The summed E-state index contributed by atoms with van der Waals surface area (Å²) in [6, 6.07) is 4.27. The molecular formula is C15H13BrFNO2. The molecule has 20 heavy (non-hydrogen) atoms. The van der Waals surface area contributed by atoms with E-state index in [9.17, 15) is 14.0 Å². The summed E-state index contributed by atoms with van der Waals surface area (Å²) >= 11 is 3.27. The highest BCUT2D eigenvalue weighted by atomic mass is 79.9. The van der Waals surface area contributed by atoms with Crippen molar-refractivity contribution in [2.24, 2.45) is 11.8 Å². The Labute approximate surface area is 124 Å². The Hall–Kier alpha value is -1.49. The zero-order chi connectivity index (χ0) is 14.3. The number of nitrogens with zero attached hydrogens (tertiary/aromatic N) is 1. The van der Waals surface area contributed by atoms with Crippen molar-refractivity contribution in [2.75, 3.05) is 0 Å². The third-order valence-electron chi connectivity index (χ3n) is 3.94. The molecule has 0 radical (unpaired) electrons. The van der Waals surface area contributed by atoms with Crippen molar-refractivity contribution >= 4 is 27.7 Å². The van der Waals surface area contributed by atoms with Crippen LogP contribution in [0.15, 0.2) is 34.8 Å². The largest absolute Gasteiger partial charge is 0.278 e. The summed E-state index contributed by atoms with van der Waals surface area (Å²) in [6.45, 7) is 0.200. The van der Waals surface area contributed by atoms with Crippen molar-refractivity contribution in [1.82, 2.24) is 4.90 Å². The van der Waals surface area contributed by atoms with Crippen LogP contribution in [-0.4, -0.2) is 16.7 Å². The number of amides is 2. The highest BCUT2D eigenvalue weighted by Crippen LogP contribution is 2.36. The Balaban J connectivity index is 1.84. The van der Waals surface area contributed by atoms with Crippen molar-refractivity contribution in [2.45, 2.75) is 19.4 Å². The second kappa shape index (κ2) is 5.13. The highest BCUT2D eigenvalue weighted by Gasteiger charge is 2.47. The van der Waals surface area contributed by atoms with E-state index in [1.165, 1.54) is 17.0 Å². The van der Waals surface area contributed by atoms with Crippen molar-refractivity contribution in [1.29, 1.82) is 0 Å². The predicted molar refractivity (Wildman–Crippen MR) is 75.0 cm³/mol. The lowest BCUT2D eigenvalue weighted by Gasteiger charge is -2.15. The minimum atomic E-state index is -0.349. The fraction of sp³-hybridized carbons (Fsp3) is 0.333. The molecule has 0 saturated carbocycles. The first-order valence-corrected chi connectivity index (χ1v) is 7.31. The second-order valence-corrected chi connectivity index (χ2v) is 6.01. The van der Waals surface area contributed by atoms with Gasteiger partial charge in [0.1, 0.15) is 5.82 Å². The standard InChI is InChI=1S/C15H13BrFNO2/c16-13-7-10(17)6-5-9(13)8-18-14(19)11-3-1-2-4-12(11)15(18)20/h1-2,5-7,11-12H,3-4,8H2. The molecule has 1 aromatic carbocycles. The van der Waals surface area contributed by atoms with Crippen LogP contribution in [0.2, 0.25) is 0 Å². The topological polar surface area (TPSA) is 37.4 Å². The summed E-state index contributed by atoms with van der Waals surface area (Å²) in [5.41, 5.74) is 0.736. The van der Waals surface area contributed by atoms with Crippen LogP contribution in [0.3, 0.4) is 0 Å². The molecule has 2 amide bonds. The fourth-order valence-electron chi connectivity index (χ4n) is 2.85. The first kappa shape index (κ1) is 13.5. The SMILES string of the molecule is O=C1C2CC=CCC2C(=O)N1Cc1ccc(F)cc1Br. The van der Waals surface area contributed by atoms with Gasteiger partial charge in [-0.25, -0.2) is 4.39 Å². The van der Waals surface area contributed by atoms with Crippen LogP contribution in [0.1, 0.15) is 18.4 Å². The van der Waals surface area contributed by atoms with Crippen LogP contribution < -0.4 is 0 Å². The summed E-state index contributed by atoms with van der Waals surface area (Å²) in [5, 5.41) is 0. The molecular weight excluding hydrogens is 325 g/mol. The zero-order valence-corrected chi connectivity index (χ0v) is 12.3. The van der Waals surface area contributed by atoms with Crippen molar-refractivity contribution in [3.63, 3.8) is 0 Å². The van der Waals surface area contributed by atoms with Crippen molar-refractivity contribution in [3.8, 4) is 0 Å². The summed E-state index contributed by atoms with van der Waals surface area (Å²) in [6.07, 6.45) is 5.19. The Morgan fingerprint density at radius 2 is 1.75 bits per heavy atom. The van der Waals surface area contributed by atoms with E-state index in [2.05, 4.69) is 15.9 Å². The van der Waals surface area contributed by atoms with Gasteiger partial charge in [0.2, 0.25) is 11.8 Å². The lowest BCUT2D eigenvalue weighted by Crippen LogP contribution is -2.30. The number of fused-ring (bicyclic) bond motifs is 1. The molecule has 1 aromatic rings. The van der Waals surface area contributed by atoms with Gasteiger partial charge in [-0.2, -0.15) is 0 Å². The van der Waals surface area contributed by atoms with Gasteiger partial charge in [0.15, 0.2) is 0 Å². The average molecular weight is 338 g/mol. The average Bonchev–Trinajstić information content (AvgIpc) is 2.67. The van der Waals surface area contributed by atoms with E-state index in [-0.39, 0.29) is 36.0 Å². The van der Waals surface area contributed by atoms with Crippen LogP contribution in [0.4, 0.5) is 4.39 Å². The lowest BCUT2D eigenvalue weighted by molar-refractivity contribution is -0.140. The maximum absolute atomic E-state index is 13.1.